The molecule has 0 spiro atoms. The molecule has 0 saturated carbocycles. The van der Waals surface area contributed by atoms with E-state index in [0.29, 0.717) is 0 Å². The van der Waals surface area contributed by atoms with Crippen LogP contribution in [0.5, 0.6) is 0 Å². The van der Waals surface area contributed by atoms with Crippen LogP contribution in [0.3, 0.4) is 0 Å². The van der Waals surface area contributed by atoms with Gasteiger partial charge in [-0.3, -0.25) is 0 Å². The molecule has 0 rings (SSSR count). The van der Waals surface area contributed by atoms with Crippen molar-refractivity contribution in [2.24, 2.45) is 0 Å². The molecule has 0 aliphatic carbocycles. The van der Waals surface area contributed by atoms with Gasteiger partial charge in [0.25, 0.3) is 0 Å². The first kappa shape index (κ1) is 8.09. The van der Waals surface area contributed by atoms with Crippen molar-refractivity contribution >= 4 is 7.76 Å². The molecule has 0 aromatic rings. The number of hydrogen-bond acceptors (Lipinski definition) is 1. The summed E-state index contributed by atoms with van der Waals surface area (Å²) in [6.45, 7) is 2.89. The van der Waals surface area contributed by atoms with E-state index in [1.165, 1.54) is 6.92 Å². The lowest BCUT2D eigenvalue weighted by Crippen LogP contribution is -1.92. The van der Waals surface area contributed by atoms with Gasteiger partial charge in [-0.05, 0) is 6.42 Å². The Morgan fingerprint density at radius 3 is 2.00 bits per heavy atom. The van der Waals surface area contributed by atoms with Crippen LogP contribution in [0.15, 0.2) is 0 Å². The van der Waals surface area contributed by atoms with Gasteiger partial charge < -0.3 is 0 Å². The zero-order valence-corrected chi connectivity index (χ0v) is 5.79. The van der Waals surface area contributed by atoms with Crippen molar-refractivity contribution in [3.63, 3.8) is 0 Å². The van der Waals surface area contributed by atoms with Crippen LogP contribution in [0.2, 0.25) is 0 Å². The Hall–Kier alpha value is 0.0900. The minimum Gasteiger partial charge on any atom is -0.250 e. The van der Waals surface area contributed by atoms with Crippen LogP contribution < -0.4 is 0 Å². The molecule has 0 fully saturated rings. The highest BCUT2D eigenvalue weighted by atomic mass is 31.2. The molecule has 0 saturated heterocycles. The predicted molar refractivity (Wildman–Crippen MR) is 29.6 cm³/mol. The molecule has 1 atom stereocenters. The molecule has 0 aliphatic heterocycles. The Morgan fingerprint density at radius 1 is 1.62 bits per heavy atom. The van der Waals surface area contributed by atoms with Crippen LogP contribution in [0, 0.1) is 0 Å². The quantitative estimate of drug-likeness (QED) is 0.541. The van der Waals surface area contributed by atoms with Gasteiger partial charge in [-0.25, -0.2) is 4.57 Å². The van der Waals surface area contributed by atoms with E-state index in [2.05, 4.69) is 0 Å². The zero-order valence-electron chi connectivity index (χ0n) is 4.90. The Labute approximate surface area is 47.7 Å². The molecule has 0 aromatic carbocycles. The fourth-order valence-electron chi connectivity index (χ4n) is 0.213. The SMILES string of the molecule is CCC(C)P(=O)(F)F. The van der Waals surface area contributed by atoms with E-state index in [1.54, 1.807) is 6.92 Å². The Kier molecular flexibility index (Phi) is 2.61. The first-order chi connectivity index (χ1) is 3.48. The largest absolute Gasteiger partial charge is 0.405 e. The third-order valence-corrected chi connectivity index (χ3v) is 2.50. The summed E-state index contributed by atoms with van der Waals surface area (Å²) in [7, 11) is -4.76. The molecule has 0 heterocycles. The van der Waals surface area contributed by atoms with Crippen molar-refractivity contribution in [2.45, 2.75) is 25.9 Å². The lowest BCUT2D eigenvalue weighted by atomic mass is 10.4. The highest BCUT2D eigenvalue weighted by Gasteiger charge is 2.26. The summed E-state index contributed by atoms with van der Waals surface area (Å²) < 4.78 is 33.2. The normalized spacial score (nSPS) is 16.0. The Bertz CT molecular complexity index is 109. The van der Waals surface area contributed by atoms with E-state index in [4.69, 9.17) is 0 Å². The van der Waals surface area contributed by atoms with Gasteiger partial charge in [0.05, 0.1) is 5.66 Å². The molecule has 1 unspecified atom stereocenters. The van der Waals surface area contributed by atoms with Gasteiger partial charge in [0.15, 0.2) is 0 Å². The maximum Gasteiger partial charge on any atom is 0.405 e. The third kappa shape index (κ3) is 2.41. The average Bonchev–Trinajstić information content (AvgIpc) is 1.62. The smallest absolute Gasteiger partial charge is 0.250 e. The molecule has 8 heavy (non-hydrogen) atoms. The summed E-state index contributed by atoms with van der Waals surface area (Å²) in [6, 6.07) is 0. The molecule has 0 aliphatic rings. The maximum atomic E-state index is 11.7. The number of rotatable bonds is 2. The second-order valence-corrected chi connectivity index (χ2v) is 3.65. The molecule has 4 heteroatoms. The van der Waals surface area contributed by atoms with E-state index in [1.807, 2.05) is 0 Å². The second kappa shape index (κ2) is 2.58. The van der Waals surface area contributed by atoms with Crippen molar-refractivity contribution in [1.29, 1.82) is 0 Å². The summed E-state index contributed by atoms with van der Waals surface area (Å²) in [5.41, 5.74) is -0.928. The highest BCUT2D eigenvalue weighted by Crippen LogP contribution is 2.54. The van der Waals surface area contributed by atoms with Crippen molar-refractivity contribution < 1.29 is 13.0 Å². The minimum absolute atomic E-state index is 0.282. The van der Waals surface area contributed by atoms with E-state index in [9.17, 15) is 13.0 Å². The van der Waals surface area contributed by atoms with Crippen LogP contribution in [-0.2, 0) is 4.57 Å². The molecule has 0 amide bonds. The van der Waals surface area contributed by atoms with Gasteiger partial charge in [-0.2, -0.15) is 8.39 Å². The topological polar surface area (TPSA) is 17.1 Å². The maximum absolute atomic E-state index is 11.7. The molecule has 50 valence electrons. The van der Waals surface area contributed by atoms with Crippen LogP contribution >= 0.6 is 7.76 Å². The average molecular weight is 142 g/mol. The Morgan fingerprint density at radius 2 is 2.00 bits per heavy atom. The highest BCUT2D eigenvalue weighted by molar-refractivity contribution is 7.53. The molecule has 1 nitrogen and oxygen atoms in total. The summed E-state index contributed by atoms with van der Waals surface area (Å²) in [5.74, 6) is 0. The van der Waals surface area contributed by atoms with Crippen molar-refractivity contribution in [3.8, 4) is 0 Å². The monoisotopic (exact) mass is 142 g/mol. The molecular formula is C4H9F2OP. The van der Waals surface area contributed by atoms with Crippen molar-refractivity contribution in [2.75, 3.05) is 0 Å². The fraction of sp³-hybridized carbons (Fsp3) is 1.00. The first-order valence-electron chi connectivity index (χ1n) is 2.47. The standard InChI is InChI=1S/C4H9F2OP/c1-3-4(2)8(5,6)7/h4H,3H2,1-2H3. The molecule has 0 aromatic heterocycles. The Balaban J connectivity index is 3.82. The molecular weight excluding hydrogens is 133 g/mol. The van der Waals surface area contributed by atoms with Gasteiger partial charge >= 0.3 is 7.76 Å². The zero-order chi connectivity index (χ0) is 6.78. The summed E-state index contributed by atoms with van der Waals surface area (Å²) in [6.07, 6.45) is 0.282. The number of halogens is 2. The molecule has 0 bridgehead atoms. The van der Waals surface area contributed by atoms with Crippen LogP contribution in [-0.4, -0.2) is 5.66 Å². The van der Waals surface area contributed by atoms with Crippen LogP contribution in [0.25, 0.3) is 0 Å². The predicted octanol–water partition coefficient (Wildman–Crippen LogP) is 2.92. The second-order valence-electron chi connectivity index (χ2n) is 1.76. The summed E-state index contributed by atoms with van der Waals surface area (Å²) >= 11 is 0. The molecule has 0 N–H and O–H groups in total. The van der Waals surface area contributed by atoms with E-state index in [0.717, 1.165) is 0 Å². The van der Waals surface area contributed by atoms with Gasteiger partial charge in [-0.15, -0.1) is 0 Å². The van der Waals surface area contributed by atoms with E-state index >= 15 is 0 Å². The lowest BCUT2D eigenvalue weighted by Gasteiger charge is -2.03. The van der Waals surface area contributed by atoms with Gasteiger partial charge in [0.2, 0.25) is 0 Å². The third-order valence-electron chi connectivity index (χ3n) is 1.10. The lowest BCUT2D eigenvalue weighted by molar-refractivity contribution is 0.478. The molecule has 0 radical (unpaired) electrons. The van der Waals surface area contributed by atoms with Crippen molar-refractivity contribution in [3.05, 3.63) is 0 Å². The van der Waals surface area contributed by atoms with Crippen LogP contribution in [0.4, 0.5) is 8.39 Å². The van der Waals surface area contributed by atoms with Crippen LogP contribution in [0.1, 0.15) is 20.3 Å². The summed E-state index contributed by atoms with van der Waals surface area (Å²) in [5, 5.41) is 0. The fourth-order valence-corrected chi connectivity index (χ4v) is 0.638. The number of hydrogen-bond donors (Lipinski definition) is 0. The van der Waals surface area contributed by atoms with Gasteiger partial charge in [-0.1, -0.05) is 13.8 Å². The van der Waals surface area contributed by atoms with Gasteiger partial charge in [0, 0.05) is 0 Å². The summed E-state index contributed by atoms with van der Waals surface area (Å²) in [4.78, 5) is 0. The first-order valence-corrected chi connectivity index (χ1v) is 4.03. The minimum atomic E-state index is -4.76. The van der Waals surface area contributed by atoms with E-state index in [-0.39, 0.29) is 6.42 Å². The van der Waals surface area contributed by atoms with E-state index < -0.39 is 13.4 Å². The van der Waals surface area contributed by atoms with Crippen molar-refractivity contribution in [1.82, 2.24) is 0 Å². The van der Waals surface area contributed by atoms with Gasteiger partial charge in [0.1, 0.15) is 0 Å².